The normalized spacial score (nSPS) is 28.5. The van der Waals surface area contributed by atoms with E-state index in [2.05, 4.69) is 9.97 Å². The average Bonchev–Trinajstić information content (AvgIpc) is 3.40. The molecule has 4 N–H and O–H groups in total. The number of aromatic nitrogens is 3. The summed E-state index contributed by atoms with van der Waals surface area (Å²) < 4.78 is 36.6. The van der Waals surface area contributed by atoms with Crippen LogP contribution in [0.2, 0.25) is 5.15 Å². The van der Waals surface area contributed by atoms with Crippen LogP contribution in [0.1, 0.15) is 18.2 Å². The van der Waals surface area contributed by atoms with Crippen molar-refractivity contribution in [1.29, 1.82) is 5.26 Å². The number of halogens is 2. The molecule has 0 aromatic carbocycles. The number of fused-ring (bicyclic) bond motifs is 1. The summed E-state index contributed by atoms with van der Waals surface area (Å²) in [5.74, 6) is 0. The van der Waals surface area contributed by atoms with Crippen molar-refractivity contribution in [2.75, 3.05) is 30.9 Å². The standard InChI is InChI=1S/C17H20ClFN5O7P/c18-15-9(3-20)12(23-2-1-8(19)4-23)11-16(22-15)24(6-21-11)17-14(26)13(25)10(31-17)5-30-7-32(27,28)29/h6,8,10,13-14,17,25-26H,1-2,4-5,7H2,(H2,27,28,29)/t8-,10-,13-,14-,17-/m1/s1. The smallest absolute Gasteiger partial charge is 0.350 e. The SMILES string of the molecule is N#Cc1c(Cl)nc2c(ncn2[C@@H]2O[C@H](COCP(=O)(O)O)[C@@H](O)[C@H]2O)c1N1CC[C@@H](F)C1. The Morgan fingerprint density at radius 2 is 2.16 bits per heavy atom. The van der Waals surface area contributed by atoms with Gasteiger partial charge < -0.3 is 34.4 Å². The number of nitriles is 1. The Bertz CT molecular complexity index is 1110. The van der Waals surface area contributed by atoms with Crippen LogP contribution in [0, 0.1) is 11.3 Å². The highest BCUT2D eigenvalue weighted by molar-refractivity contribution is 7.51. The molecule has 2 aromatic rings. The Kier molecular flexibility index (Phi) is 6.41. The summed E-state index contributed by atoms with van der Waals surface area (Å²) in [6.45, 7) is 0.0474. The van der Waals surface area contributed by atoms with Crippen molar-refractivity contribution < 1.29 is 38.4 Å². The predicted octanol–water partition coefficient (Wildman–Crippen LogP) is 0.276. The van der Waals surface area contributed by atoms with E-state index in [0.29, 0.717) is 18.7 Å². The average molecular weight is 492 g/mol. The fourth-order valence-electron chi connectivity index (χ4n) is 3.90. The van der Waals surface area contributed by atoms with Gasteiger partial charge in [0.15, 0.2) is 17.0 Å². The fraction of sp³-hybridized carbons (Fsp3) is 0.588. The summed E-state index contributed by atoms with van der Waals surface area (Å²) >= 11 is 6.22. The lowest BCUT2D eigenvalue weighted by atomic mass is 10.1. The molecule has 0 amide bonds. The lowest BCUT2D eigenvalue weighted by Gasteiger charge is -2.21. The molecule has 4 rings (SSSR count). The van der Waals surface area contributed by atoms with Crippen molar-refractivity contribution in [1.82, 2.24) is 14.5 Å². The third kappa shape index (κ3) is 4.33. The van der Waals surface area contributed by atoms with Crippen molar-refractivity contribution in [3.8, 4) is 6.07 Å². The summed E-state index contributed by atoms with van der Waals surface area (Å²) in [7, 11) is -4.41. The Balaban J connectivity index is 1.66. The molecule has 4 heterocycles. The zero-order chi connectivity index (χ0) is 23.2. The molecule has 0 spiro atoms. The molecule has 32 heavy (non-hydrogen) atoms. The Hall–Kier alpha value is -1.88. The molecule has 2 aliphatic heterocycles. The minimum absolute atomic E-state index is 0.0511. The van der Waals surface area contributed by atoms with Crippen molar-refractivity contribution in [2.24, 2.45) is 0 Å². The summed E-state index contributed by atoms with van der Waals surface area (Å²) in [5.41, 5.74) is 0.789. The number of nitrogens with zero attached hydrogens (tertiary/aromatic N) is 5. The maximum Gasteiger partial charge on any atom is 0.350 e. The van der Waals surface area contributed by atoms with E-state index in [4.69, 9.17) is 30.9 Å². The largest absolute Gasteiger partial charge is 0.387 e. The quantitative estimate of drug-likeness (QED) is 0.322. The van der Waals surface area contributed by atoms with Crippen LogP contribution >= 0.6 is 19.2 Å². The third-order valence-electron chi connectivity index (χ3n) is 5.35. The molecule has 2 saturated heterocycles. The van der Waals surface area contributed by atoms with Crippen molar-refractivity contribution in [3.05, 3.63) is 17.0 Å². The van der Waals surface area contributed by atoms with Crippen LogP contribution in [0.25, 0.3) is 11.2 Å². The molecule has 5 atom stereocenters. The first-order valence-electron chi connectivity index (χ1n) is 9.59. The second-order valence-electron chi connectivity index (χ2n) is 7.60. The molecule has 0 saturated carbocycles. The molecule has 15 heteroatoms. The first-order chi connectivity index (χ1) is 15.1. The first kappa shape index (κ1) is 23.3. The fourth-order valence-corrected chi connectivity index (χ4v) is 4.45. The highest BCUT2D eigenvalue weighted by atomic mass is 35.5. The number of rotatable bonds is 6. The molecule has 0 aliphatic carbocycles. The maximum atomic E-state index is 13.8. The van der Waals surface area contributed by atoms with Gasteiger partial charge in [-0.3, -0.25) is 9.13 Å². The van der Waals surface area contributed by atoms with Crippen LogP contribution in [-0.2, 0) is 14.0 Å². The van der Waals surface area contributed by atoms with Gasteiger partial charge in [0.05, 0.1) is 18.6 Å². The van der Waals surface area contributed by atoms with Crippen molar-refractivity contribution in [3.63, 3.8) is 0 Å². The highest BCUT2D eigenvalue weighted by Gasteiger charge is 2.45. The number of hydrogen-bond donors (Lipinski definition) is 4. The molecular weight excluding hydrogens is 472 g/mol. The Labute approximate surface area is 185 Å². The topological polar surface area (TPSA) is 174 Å². The zero-order valence-corrected chi connectivity index (χ0v) is 18.1. The molecule has 12 nitrogen and oxygen atoms in total. The molecular formula is C17H20ClFN5O7P. The van der Waals surface area contributed by atoms with Crippen molar-refractivity contribution >= 4 is 36.0 Å². The van der Waals surface area contributed by atoms with E-state index in [1.165, 1.54) is 10.9 Å². The predicted molar refractivity (Wildman–Crippen MR) is 108 cm³/mol. The number of pyridine rings is 1. The maximum absolute atomic E-state index is 13.8. The van der Waals surface area contributed by atoms with Gasteiger partial charge >= 0.3 is 7.60 Å². The number of hydrogen-bond acceptors (Lipinski definition) is 9. The van der Waals surface area contributed by atoms with Gasteiger partial charge in [-0.1, -0.05) is 11.6 Å². The van der Waals surface area contributed by atoms with E-state index >= 15 is 0 Å². The zero-order valence-electron chi connectivity index (χ0n) is 16.5. The van der Waals surface area contributed by atoms with Crippen molar-refractivity contribution in [2.45, 2.75) is 37.1 Å². The van der Waals surface area contributed by atoms with Crippen LogP contribution in [0.15, 0.2) is 6.33 Å². The van der Waals surface area contributed by atoms with Crippen LogP contribution in [0.3, 0.4) is 0 Å². The number of alkyl halides is 1. The molecule has 0 radical (unpaired) electrons. The number of anilines is 1. The Morgan fingerprint density at radius 3 is 2.78 bits per heavy atom. The lowest BCUT2D eigenvalue weighted by Crippen LogP contribution is -2.34. The monoisotopic (exact) mass is 491 g/mol. The molecule has 2 aromatic heterocycles. The van der Waals surface area contributed by atoms with E-state index in [1.807, 2.05) is 6.07 Å². The number of aliphatic hydroxyl groups excluding tert-OH is 2. The van der Waals surface area contributed by atoms with Crippen LogP contribution in [0.4, 0.5) is 10.1 Å². The van der Waals surface area contributed by atoms with E-state index in [9.17, 15) is 24.4 Å². The molecule has 0 unspecified atom stereocenters. The number of ether oxygens (including phenoxy) is 2. The van der Waals surface area contributed by atoms with Gasteiger partial charge in [0.2, 0.25) is 0 Å². The first-order valence-corrected chi connectivity index (χ1v) is 11.8. The van der Waals surface area contributed by atoms with E-state index < -0.39 is 44.7 Å². The number of imidazole rings is 1. The van der Waals surface area contributed by atoms with Gasteiger partial charge in [-0.15, -0.1) is 0 Å². The molecule has 174 valence electrons. The van der Waals surface area contributed by atoms with E-state index in [1.54, 1.807) is 4.90 Å². The van der Waals surface area contributed by atoms with E-state index in [0.717, 1.165) is 0 Å². The van der Waals surface area contributed by atoms with Gasteiger partial charge in [0.25, 0.3) is 0 Å². The molecule has 2 aliphatic rings. The van der Waals surface area contributed by atoms with Gasteiger partial charge in [0.1, 0.15) is 48.0 Å². The summed E-state index contributed by atoms with van der Waals surface area (Å²) in [6, 6.07) is 1.98. The van der Waals surface area contributed by atoms with E-state index in [-0.39, 0.29) is 35.0 Å². The van der Waals surface area contributed by atoms with Crippen LogP contribution in [-0.4, -0.2) is 85.1 Å². The lowest BCUT2D eigenvalue weighted by molar-refractivity contribution is -0.0612. The number of aliphatic hydroxyl groups is 2. The minimum Gasteiger partial charge on any atom is -0.387 e. The van der Waals surface area contributed by atoms with Gasteiger partial charge in [-0.2, -0.15) is 5.26 Å². The van der Waals surface area contributed by atoms with Gasteiger partial charge in [0, 0.05) is 13.1 Å². The third-order valence-corrected chi connectivity index (χ3v) is 6.14. The summed E-state index contributed by atoms with van der Waals surface area (Å²) in [6.07, 6.45) is -5.47. The van der Waals surface area contributed by atoms with Gasteiger partial charge in [-0.25, -0.2) is 14.4 Å². The second-order valence-corrected chi connectivity index (χ2v) is 9.55. The molecule has 2 fully saturated rings. The second kappa shape index (κ2) is 8.81. The molecule has 0 bridgehead atoms. The van der Waals surface area contributed by atoms with Crippen LogP contribution in [0.5, 0.6) is 0 Å². The summed E-state index contributed by atoms with van der Waals surface area (Å²) in [5, 5.41) is 30.2. The minimum atomic E-state index is -4.41. The Morgan fingerprint density at radius 1 is 1.41 bits per heavy atom. The highest BCUT2D eigenvalue weighted by Crippen LogP contribution is 2.39. The summed E-state index contributed by atoms with van der Waals surface area (Å²) in [4.78, 5) is 27.9. The van der Waals surface area contributed by atoms with Crippen LogP contribution < -0.4 is 4.90 Å². The van der Waals surface area contributed by atoms with Gasteiger partial charge in [-0.05, 0) is 6.42 Å².